The molecule has 17 heavy (non-hydrogen) atoms. The molecule has 0 atom stereocenters. The Hall–Kier alpha value is -1.19. The molecule has 1 heterocycles. The molecule has 1 aromatic heterocycles. The minimum atomic E-state index is -3.58. The number of primary sulfonamides is 1. The molecule has 0 spiro atoms. The van der Waals surface area contributed by atoms with Crippen molar-refractivity contribution in [1.82, 2.24) is 10.3 Å². The van der Waals surface area contributed by atoms with E-state index in [4.69, 9.17) is 10.9 Å². The Morgan fingerprint density at radius 2 is 2.18 bits per heavy atom. The fraction of sp³-hybridized carbons (Fsp3) is 0.250. The maximum atomic E-state index is 11.6. The first-order valence-corrected chi connectivity index (χ1v) is 7.00. The Labute approximate surface area is 107 Å². The molecular weight excluding hydrogens is 312 g/mol. The number of hydrogen-bond acceptors (Lipinski definition) is 5. The number of carbonyl (C=O) groups excluding carboxylic acids is 1. The van der Waals surface area contributed by atoms with Crippen molar-refractivity contribution in [2.24, 2.45) is 5.14 Å². The summed E-state index contributed by atoms with van der Waals surface area (Å²) in [6.07, 6.45) is 1.39. The average molecular weight is 323 g/mol. The molecule has 7 nitrogen and oxygen atoms in total. The highest BCUT2D eigenvalue weighted by molar-refractivity contribution is 9.10. The highest BCUT2D eigenvalue weighted by Crippen LogP contribution is 2.16. The van der Waals surface area contributed by atoms with E-state index in [1.165, 1.54) is 12.3 Å². The van der Waals surface area contributed by atoms with Crippen molar-refractivity contribution < 1.29 is 13.2 Å². The predicted molar refractivity (Wildman–Crippen MR) is 66.7 cm³/mol. The van der Waals surface area contributed by atoms with Gasteiger partial charge >= 0.3 is 0 Å². The first-order chi connectivity index (χ1) is 7.79. The molecule has 94 valence electrons. The van der Waals surface area contributed by atoms with E-state index in [1.807, 2.05) is 0 Å². The lowest BCUT2D eigenvalue weighted by molar-refractivity contribution is 0.0955. The lowest BCUT2D eigenvalue weighted by atomic mass is 10.2. The zero-order valence-corrected chi connectivity index (χ0v) is 11.1. The van der Waals surface area contributed by atoms with Crippen LogP contribution in [0, 0.1) is 0 Å². The third-order valence-electron chi connectivity index (χ3n) is 1.79. The topological polar surface area (TPSA) is 128 Å². The van der Waals surface area contributed by atoms with E-state index in [0.717, 1.165) is 0 Å². The summed E-state index contributed by atoms with van der Waals surface area (Å²) in [7, 11) is -3.58. The van der Waals surface area contributed by atoms with Crippen LogP contribution >= 0.6 is 15.9 Å². The fourth-order valence-electron chi connectivity index (χ4n) is 1.03. The molecule has 0 aliphatic heterocycles. The van der Waals surface area contributed by atoms with Gasteiger partial charge in [-0.25, -0.2) is 18.5 Å². The van der Waals surface area contributed by atoms with E-state index in [0.29, 0.717) is 4.47 Å². The van der Waals surface area contributed by atoms with Gasteiger partial charge in [0, 0.05) is 17.2 Å². The van der Waals surface area contributed by atoms with Crippen LogP contribution in [0.1, 0.15) is 10.4 Å². The number of rotatable bonds is 4. The van der Waals surface area contributed by atoms with E-state index in [9.17, 15) is 13.2 Å². The minimum Gasteiger partial charge on any atom is -0.384 e. The third-order valence-corrected chi connectivity index (χ3v) is 3.20. The van der Waals surface area contributed by atoms with Gasteiger partial charge in [0.15, 0.2) is 0 Å². The molecule has 0 bridgehead atoms. The van der Waals surface area contributed by atoms with Crippen LogP contribution in [0.5, 0.6) is 0 Å². The van der Waals surface area contributed by atoms with Crippen LogP contribution in [0.4, 0.5) is 5.82 Å². The number of hydrogen-bond donors (Lipinski definition) is 3. The summed E-state index contributed by atoms with van der Waals surface area (Å²) in [4.78, 5) is 15.4. The molecule has 0 aliphatic carbocycles. The SMILES string of the molecule is Nc1cc(C(=O)NCCS(N)(=O)=O)c(Br)cn1. The first-order valence-electron chi connectivity index (χ1n) is 4.49. The first kappa shape index (κ1) is 13.9. The molecule has 9 heteroatoms. The van der Waals surface area contributed by atoms with Crippen molar-refractivity contribution >= 4 is 37.7 Å². The number of nitrogens with two attached hydrogens (primary N) is 2. The molecule has 0 aromatic carbocycles. The van der Waals surface area contributed by atoms with Crippen LogP contribution < -0.4 is 16.2 Å². The number of nitrogens with one attached hydrogen (secondary N) is 1. The Balaban J connectivity index is 2.67. The highest BCUT2D eigenvalue weighted by Gasteiger charge is 2.11. The average Bonchev–Trinajstić information content (AvgIpc) is 2.19. The molecule has 0 fully saturated rings. The Morgan fingerprint density at radius 3 is 2.76 bits per heavy atom. The smallest absolute Gasteiger partial charge is 0.252 e. The summed E-state index contributed by atoms with van der Waals surface area (Å²) in [5.74, 6) is -0.573. The number of nitrogens with zero attached hydrogens (tertiary/aromatic N) is 1. The van der Waals surface area contributed by atoms with Crippen LogP contribution in [0.15, 0.2) is 16.7 Å². The number of nitrogen functional groups attached to an aromatic ring is 1. The second-order valence-corrected chi connectivity index (χ2v) is 5.80. The summed E-state index contributed by atoms with van der Waals surface area (Å²) in [6, 6.07) is 1.39. The van der Waals surface area contributed by atoms with Crippen LogP contribution in [-0.2, 0) is 10.0 Å². The zero-order chi connectivity index (χ0) is 13.1. The summed E-state index contributed by atoms with van der Waals surface area (Å²) < 4.78 is 21.8. The van der Waals surface area contributed by atoms with Gasteiger partial charge in [0.2, 0.25) is 10.0 Å². The van der Waals surface area contributed by atoms with Crippen molar-refractivity contribution in [3.63, 3.8) is 0 Å². The van der Waals surface area contributed by atoms with Gasteiger partial charge in [0.1, 0.15) is 5.82 Å². The van der Waals surface area contributed by atoms with Gasteiger partial charge in [0.25, 0.3) is 5.91 Å². The fourth-order valence-corrected chi connectivity index (χ4v) is 1.81. The number of anilines is 1. The third kappa shape index (κ3) is 4.67. The van der Waals surface area contributed by atoms with E-state index >= 15 is 0 Å². The number of pyridine rings is 1. The lowest BCUT2D eigenvalue weighted by Crippen LogP contribution is -2.31. The molecule has 1 rings (SSSR count). The maximum Gasteiger partial charge on any atom is 0.252 e. The van der Waals surface area contributed by atoms with Crippen molar-refractivity contribution in [3.05, 3.63) is 22.3 Å². The second-order valence-electron chi connectivity index (χ2n) is 3.21. The van der Waals surface area contributed by atoms with Gasteiger partial charge < -0.3 is 11.1 Å². The zero-order valence-electron chi connectivity index (χ0n) is 8.68. The molecule has 5 N–H and O–H groups in total. The summed E-state index contributed by atoms with van der Waals surface area (Å²) >= 11 is 3.14. The molecule has 0 radical (unpaired) electrons. The van der Waals surface area contributed by atoms with Gasteiger partial charge in [-0.3, -0.25) is 4.79 Å². The second kappa shape index (κ2) is 5.43. The molecule has 0 saturated carbocycles. The summed E-state index contributed by atoms with van der Waals surface area (Å²) in [5, 5.41) is 7.21. The molecule has 0 aliphatic rings. The number of sulfonamides is 1. The molecule has 1 aromatic rings. The van der Waals surface area contributed by atoms with Crippen molar-refractivity contribution in [2.75, 3.05) is 18.0 Å². The van der Waals surface area contributed by atoms with E-state index in [-0.39, 0.29) is 23.7 Å². The highest BCUT2D eigenvalue weighted by atomic mass is 79.9. The van der Waals surface area contributed by atoms with Crippen LogP contribution in [0.2, 0.25) is 0 Å². The number of aromatic nitrogens is 1. The minimum absolute atomic E-state index is 0.0632. The van der Waals surface area contributed by atoms with E-state index in [1.54, 1.807) is 0 Å². The van der Waals surface area contributed by atoms with Crippen molar-refractivity contribution in [1.29, 1.82) is 0 Å². The molecule has 0 saturated heterocycles. The summed E-state index contributed by atoms with van der Waals surface area (Å²) in [6.45, 7) is -0.0632. The summed E-state index contributed by atoms with van der Waals surface area (Å²) in [5.41, 5.74) is 5.72. The van der Waals surface area contributed by atoms with Crippen LogP contribution in [0.25, 0.3) is 0 Å². The molecular formula is C8H11BrN4O3S. The number of halogens is 1. The van der Waals surface area contributed by atoms with Crippen LogP contribution in [0.3, 0.4) is 0 Å². The van der Waals surface area contributed by atoms with Gasteiger partial charge in [0.05, 0.1) is 11.3 Å². The number of amides is 1. The maximum absolute atomic E-state index is 11.6. The number of carbonyl (C=O) groups is 1. The van der Waals surface area contributed by atoms with Crippen molar-refractivity contribution in [3.8, 4) is 0 Å². The molecule has 0 unspecified atom stereocenters. The quantitative estimate of drug-likeness (QED) is 0.684. The van der Waals surface area contributed by atoms with Gasteiger partial charge in [-0.2, -0.15) is 0 Å². The Kier molecular flexibility index (Phi) is 4.43. The van der Waals surface area contributed by atoms with Gasteiger partial charge in [-0.15, -0.1) is 0 Å². The van der Waals surface area contributed by atoms with E-state index in [2.05, 4.69) is 26.2 Å². The van der Waals surface area contributed by atoms with Gasteiger partial charge in [-0.1, -0.05) is 0 Å². The van der Waals surface area contributed by atoms with E-state index < -0.39 is 15.9 Å². The standard InChI is InChI=1S/C8H11BrN4O3S/c9-6-4-13-7(10)3-5(6)8(14)12-1-2-17(11,15)16/h3-4H,1-2H2,(H2,10,13)(H,12,14)(H2,11,15,16). The lowest BCUT2D eigenvalue weighted by Gasteiger charge is -2.06. The Bertz CT molecular complexity index is 532. The normalized spacial score (nSPS) is 11.2. The Morgan fingerprint density at radius 1 is 1.53 bits per heavy atom. The monoisotopic (exact) mass is 322 g/mol. The predicted octanol–water partition coefficient (Wildman–Crippen LogP) is -0.555. The molecule has 1 amide bonds. The van der Waals surface area contributed by atoms with Gasteiger partial charge in [-0.05, 0) is 22.0 Å². The van der Waals surface area contributed by atoms with Crippen molar-refractivity contribution in [2.45, 2.75) is 0 Å². The largest absolute Gasteiger partial charge is 0.384 e. The van der Waals surface area contributed by atoms with Crippen LogP contribution in [-0.4, -0.2) is 31.6 Å².